The standard InChI is InChI=1S/C9H15ClO/c1-2-9(10)8-5-3-4-7(8)6-11/h6-9H,2-5H2,1H3/t7-,8-,9-/m0/s1. The molecule has 64 valence electrons. The molecule has 11 heavy (non-hydrogen) atoms. The van der Waals surface area contributed by atoms with Gasteiger partial charge < -0.3 is 4.79 Å². The van der Waals surface area contributed by atoms with Crippen LogP contribution in [0.25, 0.3) is 0 Å². The second-order valence-corrected chi connectivity index (χ2v) is 3.88. The van der Waals surface area contributed by atoms with Gasteiger partial charge in [-0.15, -0.1) is 11.6 Å². The van der Waals surface area contributed by atoms with Crippen molar-refractivity contribution >= 4 is 17.9 Å². The molecule has 0 aliphatic heterocycles. The Morgan fingerprint density at radius 1 is 1.64 bits per heavy atom. The highest BCUT2D eigenvalue weighted by Crippen LogP contribution is 2.35. The summed E-state index contributed by atoms with van der Waals surface area (Å²) in [5.74, 6) is 0.705. The van der Waals surface area contributed by atoms with Crippen molar-refractivity contribution in [1.82, 2.24) is 0 Å². The molecule has 1 saturated carbocycles. The maximum absolute atomic E-state index is 10.6. The van der Waals surface area contributed by atoms with Crippen LogP contribution in [0.3, 0.4) is 0 Å². The summed E-state index contributed by atoms with van der Waals surface area (Å²) in [6, 6.07) is 0. The molecule has 0 bridgehead atoms. The first kappa shape index (κ1) is 9.05. The lowest BCUT2D eigenvalue weighted by Crippen LogP contribution is -2.19. The number of halogens is 1. The van der Waals surface area contributed by atoms with Crippen LogP contribution >= 0.6 is 11.6 Å². The van der Waals surface area contributed by atoms with Crippen LogP contribution in [0.15, 0.2) is 0 Å². The lowest BCUT2D eigenvalue weighted by Gasteiger charge is -2.18. The van der Waals surface area contributed by atoms with E-state index in [0.717, 1.165) is 25.5 Å². The molecular weight excluding hydrogens is 160 g/mol. The molecule has 0 aromatic heterocycles. The van der Waals surface area contributed by atoms with Crippen molar-refractivity contribution in [3.8, 4) is 0 Å². The number of aldehydes is 1. The lowest BCUT2D eigenvalue weighted by molar-refractivity contribution is -0.112. The summed E-state index contributed by atoms with van der Waals surface area (Å²) in [7, 11) is 0. The molecular formula is C9H15ClO. The Morgan fingerprint density at radius 3 is 2.91 bits per heavy atom. The number of carbonyl (C=O) groups is 1. The van der Waals surface area contributed by atoms with Gasteiger partial charge in [0.15, 0.2) is 0 Å². The molecule has 0 aromatic carbocycles. The average Bonchev–Trinajstić information content (AvgIpc) is 2.50. The summed E-state index contributed by atoms with van der Waals surface area (Å²) in [5, 5.41) is 0.215. The average molecular weight is 175 g/mol. The molecule has 0 unspecified atom stereocenters. The van der Waals surface area contributed by atoms with E-state index in [-0.39, 0.29) is 11.3 Å². The van der Waals surface area contributed by atoms with Crippen molar-refractivity contribution < 1.29 is 4.79 Å². The van der Waals surface area contributed by atoms with Gasteiger partial charge in [0.25, 0.3) is 0 Å². The normalized spacial score (nSPS) is 33.6. The van der Waals surface area contributed by atoms with Crippen LogP contribution in [0.2, 0.25) is 0 Å². The smallest absolute Gasteiger partial charge is 0.123 e. The molecule has 0 radical (unpaired) electrons. The molecule has 0 N–H and O–H groups in total. The molecule has 0 heterocycles. The Morgan fingerprint density at radius 2 is 2.36 bits per heavy atom. The van der Waals surface area contributed by atoms with Gasteiger partial charge in [0.2, 0.25) is 0 Å². The minimum absolute atomic E-state index is 0.215. The summed E-state index contributed by atoms with van der Waals surface area (Å²) >= 11 is 6.09. The number of rotatable bonds is 3. The Kier molecular flexibility index (Phi) is 3.38. The number of hydrogen-bond acceptors (Lipinski definition) is 1. The molecule has 2 heteroatoms. The van der Waals surface area contributed by atoms with Gasteiger partial charge in [0.05, 0.1) is 0 Å². The zero-order valence-electron chi connectivity index (χ0n) is 6.92. The van der Waals surface area contributed by atoms with E-state index in [1.54, 1.807) is 0 Å². The summed E-state index contributed by atoms with van der Waals surface area (Å²) < 4.78 is 0. The number of hydrogen-bond donors (Lipinski definition) is 0. The molecule has 1 rings (SSSR count). The van der Waals surface area contributed by atoms with E-state index in [9.17, 15) is 4.79 Å². The highest BCUT2D eigenvalue weighted by Gasteiger charge is 2.31. The quantitative estimate of drug-likeness (QED) is 0.475. The van der Waals surface area contributed by atoms with Crippen LogP contribution in [-0.2, 0) is 4.79 Å². The molecule has 0 amide bonds. The van der Waals surface area contributed by atoms with Crippen LogP contribution in [0.1, 0.15) is 32.6 Å². The first-order valence-electron chi connectivity index (χ1n) is 4.39. The first-order chi connectivity index (χ1) is 5.29. The van der Waals surface area contributed by atoms with E-state index in [1.165, 1.54) is 6.42 Å². The van der Waals surface area contributed by atoms with Crippen molar-refractivity contribution in [1.29, 1.82) is 0 Å². The van der Waals surface area contributed by atoms with Gasteiger partial charge in [0.1, 0.15) is 6.29 Å². The zero-order chi connectivity index (χ0) is 8.27. The maximum Gasteiger partial charge on any atom is 0.123 e. The van der Waals surface area contributed by atoms with E-state index in [1.807, 2.05) is 0 Å². The van der Waals surface area contributed by atoms with E-state index < -0.39 is 0 Å². The van der Waals surface area contributed by atoms with Crippen LogP contribution in [0.5, 0.6) is 0 Å². The highest BCUT2D eigenvalue weighted by molar-refractivity contribution is 6.20. The zero-order valence-corrected chi connectivity index (χ0v) is 7.68. The molecule has 1 nitrogen and oxygen atoms in total. The van der Waals surface area contributed by atoms with Crippen LogP contribution in [0, 0.1) is 11.8 Å². The van der Waals surface area contributed by atoms with Gasteiger partial charge in [-0.05, 0) is 25.2 Å². The molecule has 0 aromatic rings. The SMILES string of the molecule is CC[C@H](Cl)[C@H]1CCC[C@H]1C=O. The second kappa shape index (κ2) is 4.10. The van der Waals surface area contributed by atoms with Gasteiger partial charge in [-0.1, -0.05) is 13.3 Å². The molecule has 3 atom stereocenters. The predicted octanol–water partition coefficient (Wildman–Crippen LogP) is 2.62. The van der Waals surface area contributed by atoms with E-state index in [0.29, 0.717) is 5.92 Å². The van der Waals surface area contributed by atoms with Crippen LogP contribution in [0.4, 0.5) is 0 Å². The van der Waals surface area contributed by atoms with E-state index in [4.69, 9.17) is 11.6 Å². The van der Waals surface area contributed by atoms with E-state index in [2.05, 4.69) is 6.92 Å². The van der Waals surface area contributed by atoms with Gasteiger partial charge in [-0.25, -0.2) is 0 Å². The largest absolute Gasteiger partial charge is 0.303 e. The van der Waals surface area contributed by atoms with Crippen molar-refractivity contribution in [3.05, 3.63) is 0 Å². The first-order valence-corrected chi connectivity index (χ1v) is 4.82. The van der Waals surface area contributed by atoms with Crippen molar-refractivity contribution in [2.75, 3.05) is 0 Å². The minimum atomic E-state index is 0.215. The fourth-order valence-corrected chi connectivity index (χ4v) is 2.25. The fourth-order valence-electron chi connectivity index (χ4n) is 1.94. The summed E-state index contributed by atoms with van der Waals surface area (Å²) in [5.41, 5.74) is 0. The van der Waals surface area contributed by atoms with Gasteiger partial charge in [-0.2, -0.15) is 0 Å². The van der Waals surface area contributed by atoms with Gasteiger partial charge in [-0.3, -0.25) is 0 Å². The highest BCUT2D eigenvalue weighted by atomic mass is 35.5. The molecule has 1 aliphatic carbocycles. The maximum atomic E-state index is 10.6. The van der Waals surface area contributed by atoms with Gasteiger partial charge >= 0.3 is 0 Å². The van der Waals surface area contributed by atoms with Crippen molar-refractivity contribution in [2.24, 2.45) is 11.8 Å². The monoisotopic (exact) mass is 174 g/mol. The van der Waals surface area contributed by atoms with Crippen molar-refractivity contribution in [2.45, 2.75) is 38.0 Å². The van der Waals surface area contributed by atoms with Crippen LogP contribution in [-0.4, -0.2) is 11.7 Å². The van der Waals surface area contributed by atoms with Gasteiger partial charge in [0, 0.05) is 11.3 Å². The fraction of sp³-hybridized carbons (Fsp3) is 0.889. The molecule has 0 spiro atoms. The molecule has 1 fully saturated rings. The Bertz CT molecular complexity index is 136. The third kappa shape index (κ3) is 1.96. The topological polar surface area (TPSA) is 17.1 Å². The third-order valence-corrected chi connectivity index (χ3v) is 3.29. The molecule has 1 aliphatic rings. The van der Waals surface area contributed by atoms with E-state index >= 15 is 0 Å². The summed E-state index contributed by atoms with van der Waals surface area (Å²) in [4.78, 5) is 10.6. The number of carbonyl (C=O) groups excluding carboxylic acids is 1. The predicted molar refractivity (Wildman–Crippen MR) is 46.8 cm³/mol. The lowest BCUT2D eigenvalue weighted by atomic mass is 9.93. The Hall–Kier alpha value is -0.0400. The number of alkyl halides is 1. The molecule has 0 saturated heterocycles. The Balaban J connectivity index is 2.48. The van der Waals surface area contributed by atoms with Crippen molar-refractivity contribution in [3.63, 3.8) is 0 Å². The second-order valence-electron chi connectivity index (χ2n) is 3.32. The summed E-state index contributed by atoms with van der Waals surface area (Å²) in [6.07, 6.45) is 5.44. The third-order valence-electron chi connectivity index (χ3n) is 2.65. The van der Waals surface area contributed by atoms with Crippen LogP contribution < -0.4 is 0 Å². The summed E-state index contributed by atoms with van der Waals surface area (Å²) in [6.45, 7) is 2.08. The minimum Gasteiger partial charge on any atom is -0.303 e. The Labute approximate surface area is 73.1 Å².